The van der Waals surface area contributed by atoms with Crippen LogP contribution in [-0.4, -0.2) is 23.9 Å². The number of para-hydroxylation sites is 2. The van der Waals surface area contributed by atoms with Crippen LogP contribution in [0, 0.1) is 0 Å². The molecule has 1 heterocycles. The molecule has 102 valence electrons. The lowest BCUT2D eigenvalue weighted by atomic mass is 10.1. The lowest BCUT2D eigenvalue weighted by Crippen LogP contribution is -2.09. The van der Waals surface area contributed by atoms with Crippen LogP contribution in [0.3, 0.4) is 0 Å². The number of aromatic nitrogens is 2. The molecule has 0 atom stereocenters. The van der Waals surface area contributed by atoms with Gasteiger partial charge in [0.2, 0.25) is 0 Å². The Balaban J connectivity index is 2.49. The van der Waals surface area contributed by atoms with Gasteiger partial charge in [0.05, 0.1) is 13.3 Å². The summed E-state index contributed by atoms with van der Waals surface area (Å²) in [4.78, 5) is 0. The van der Waals surface area contributed by atoms with Crippen molar-refractivity contribution in [2.75, 3.05) is 14.2 Å². The number of benzene rings is 1. The highest BCUT2D eigenvalue weighted by molar-refractivity contribution is 5.47. The van der Waals surface area contributed by atoms with Crippen molar-refractivity contribution >= 4 is 0 Å². The van der Waals surface area contributed by atoms with E-state index in [4.69, 9.17) is 4.74 Å². The molecule has 0 aliphatic heterocycles. The molecule has 1 N–H and O–H groups in total. The Hall–Kier alpha value is -1.81. The second kappa shape index (κ2) is 6.38. The fraction of sp³-hybridized carbons (Fsp3) is 0.400. The molecule has 1 aromatic heterocycles. The Morgan fingerprint density at radius 2 is 2.11 bits per heavy atom. The van der Waals surface area contributed by atoms with Crippen molar-refractivity contribution in [3.8, 4) is 11.4 Å². The number of methoxy groups -OCH3 is 1. The van der Waals surface area contributed by atoms with Crippen molar-refractivity contribution in [2.45, 2.75) is 26.3 Å². The standard InChI is InChI=1S/C15H21N3O/c1-4-7-13-12(10-16-2)11-17-18(13)14-8-5-6-9-15(14)19-3/h5-6,8-9,11,16H,4,7,10H2,1-3H3. The summed E-state index contributed by atoms with van der Waals surface area (Å²) in [5.41, 5.74) is 3.49. The molecule has 2 aromatic rings. The van der Waals surface area contributed by atoms with Crippen molar-refractivity contribution in [1.29, 1.82) is 0 Å². The first kappa shape index (κ1) is 13.6. The predicted molar refractivity (Wildman–Crippen MR) is 76.9 cm³/mol. The first-order chi connectivity index (χ1) is 9.31. The molecule has 0 aliphatic rings. The predicted octanol–water partition coefficient (Wildman–Crippen LogP) is 2.55. The average Bonchev–Trinajstić information content (AvgIpc) is 2.83. The van der Waals surface area contributed by atoms with Gasteiger partial charge >= 0.3 is 0 Å². The van der Waals surface area contributed by atoms with E-state index in [1.165, 1.54) is 11.3 Å². The molecule has 4 heteroatoms. The van der Waals surface area contributed by atoms with Crippen LogP contribution < -0.4 is 10.1 Å². The summed E-state index contributed by atoms with van der Waals surface area (Å²) in [5.74, 6) is 0.846. The van der Waals surface area contributed by atoms with Gasteiger partial charge in [0.1, 0.15) is 11.4 Å². The highest BCUT2D eigenvalue weighted by Crippen LogP contribution is 2.25. The molecule has 4 nitrogen and oxygen atoms in total. The lowest BCUT2D eigenvalue weighted by molar-refractivity contribution is 0.411. The van der Waals surface area contributed by atoms with Crippen LogP contribution in [0.5, 0.6) is 5.75 Å². The van der Waals surface area contributed by atoms with Gasteiger partial charge in [0.15, 0.2) is 0 Å². The molecule has 0 spiro atoms. The summed E-state index contributed by atoms with van der Waals surface area (Å²) < 4.78 is 7.42. The van der Waals surface area contributed by atoms with Gasteiger partial charge in [-0.2, -0.15) is 5.10 Å². The second-order valence-electron chi connectivity index (χ2n) is 4.48. The maximum Gasteiger partial charge on any atom is 0.144 e. The zero-order valence-electron chi connectivity index (χ0n) is 11.8. The van der Waals surface area contributed by atoms with Crippen LogP contribution in [0.1, 0.15) is 24.6 Å². The Labute approximate surface area is 114 Å². The fourth-order valence-electron chi connectivity index (χ4n) is 2.26. The van der Waals surface area contributed by atoms with E-state index in [2.05, 4.69) is 17.3 Å². The largest absolute Gasteiger partial charge is 0.494 e. The summed E-state index contributed by atoms with van der Waals surface area (Å²) in [6.45, 7) is 3.02. The van der Waals surface area contributed by atoms with Crippen LogP contribution in [0.4, 0.5) is 0 Å². The molecule has 1 aromatic carbocycles. The number of hydrogen-bond donors (Lipinski definition) is 1. The first-order valence-corrected chi connectivity index (χ1v) is 6.65. The number of nitrogens with one attached hydrogen (secondary N) is 1. The maximum absolute atomic E-state index is 5.43. The van der Waals surface area contributed by atoms with Crippen molar-refractivity contribution in [3.05, 3.63) is 41.7 Å². The van der Waals surface area contributed by atoms with Crippen LogP contribution >= 0.6 is 0 Å². The molecule has 0 unspecified atom stereocenters. The highest BCUT2D eigenvalue weighted by Gasteiger charge is 2.13. The van der Waals surface area contributed by atoms with E-state index in [0.29, 0.717) is 0 Å². The van der Waals surface area contributed by atoms with Crippen LogP contribution in [-0.2, 0) is 13.0 Å². The molecule has 0 saturated carbocycles. The van der Waals surface area contributed by atoms with Gasteiger partial charge in [-0.05, 0) is 25.6 Å². The number of rotatable bonds is 6. The van der Waals surface area contributed by atoms with E-state index < -0.39 is 0 Å². The zero-order chi connectivity index (χ0) is 13.7. The zero-order valence-corrected chi connectivity index (χ0v) is 11.8. The summed E-state index contributed by atoms with van der Waals surface area (Å²) in [5, 5.41) is 7.72. The van der Waals surface area contributed by atoms with Gasteiger partial charge in [-0.25, -0.2) is 4.68 Å². The van der Waals surface area contributed by atoms with E-state index in [1.54, 1.807) is 7.11 Å². The minimum absolute atomic E-state index is 0.838. The average molecular weight is 259 g/mol. The van der Waals surface area contributed by atoms with Crippen molar-refractivity contribution in [1.82, 2.24) is 15.1 Å². The van der Waals surface area contributed by atoms with E-state index in [-0.39, 0.29) is 0 Å². The topological polar surface area (TPSA) is 39.1 Å². The van der Waals surface area contributed by atoms with E-state index in [1.807, 2.05) is 42.2 Å². The van der Waals surface area contributed by atoms with Gasteiger partial charge in [0.25, 0.3) is 0 Å². The summed E-state index contributed by atoms with van der Waals surface area (Å²) >= 11 is 0. The molecule has 0 amide bonds. The van der Waals surface area contributed by atoms with Gasteiger partial charge < -0.3 is 10.1 Å². The highest BCUT2D eigenvalue weighted by atomic mass is 16.5. The molecular formula is C15H21N3O. The quantitative estimate of drug-likeness (QED) is 0.866. The smallest absolute Gasteiger partial charge is 0.144 e. The molecule has 0 saturated heterocycles. The lowest BCUT2D eigenvalue weighted by Gasteiger charge is -2.12. The first-order valence-electron chi connectivity index (χ1n) is 6.65. The van der Waals surface area contributed by atoms with Crippen molar-refractivity contribution in [3.63, 3.8) is 0 Å². The Morgan fingerprint density at radius 1 is 1.32 bits per heavy atom. The summed E-state index contributed by atoms with van der Waals surface area (Å²) in [6.07, 6.45) is 4.04. The summed E-state index contributed by atoms with van der Waals surface area (Å²) in [7, 11) is 3.65. The third-order valence-electron chi connectivity index (χ3n) is 3.12. The molecular weight excluding hydrogens is 238 g/mol. The second-order valence-corrected chi connectivity index (χ2v) is 4.48. The summed E-state index contributed by atoms with van der Waals surface area (Å²) in [6, 6.07) is 7.98. The van der Waals surface area contributed by atoms with Gasteiger partial charge in [-0.1, -0.05) is 25.5 Å². The fourth-order valence-corrected chi connectivity index (χ4v) is 2.26. The van der Waals surface area contributed by atoms with Gasteiger partial charge in [0, 0.05) is 17.8 Å². The van der Waals surface area contributed by atoms with Crippen molar-refractivity contribution < 1.29 is 4.74 Å². The third kappa shape index (κ3) is 2.79. The SMILES string of the molecule is CCCc1c(CNC)cnn1-c1ccccc1OC. The van der Waals surface area contributed by atoms with Gasteiger partial charge in [-0.15, -0.1) is 0 Å². The van der Waals surface area contributed by atoms with Crippen LogP contribution in [0.15, 0.2) is 30.5 Å². The normalized spacial score (nSPS) is 10.7. The third-order valence-corrected chi connectivity index (χ3v) is 3.12. The molecule has 2 rings (SSSR count). The minimum Gasteiger partial charge on any atom is -0.494 e. The van der Waals surface area contributed by atoms with Gasteiger partial charge in [-0.3, -0.25) is 0 Å². The molecule has 0 radical (unpaired) electrons. The number of nitrogens with zero attached hydrogens (tertiary/aromatic N) is 2. The minimum atomic E-state index is 0.838. The van der Waals surface area contributed by atoms with E-state index in [9.17, 15) is 0 Å². The Bertz CT molecular complexity index is 534. The molecule has 0 aliphatic carbocycles. The van der Waals surface area contributed by atoms with E-state index >= 15 is 0 Å². The molecule has 19 heavy (non-hydrogen) atoms. The number of ether oxygens (including phenoxy) is 1. The van der Waals surface area contributed by atoms with Crippen molar-refractivity contribution in [2.24, 2.45) is 0 Å². The van der Waals surface area contributed by atoms with Crippen LogP contribution in [0.25, 0.3) is 5.69 Å². The number of hydrogen-bond acceptors (Lipinski definition) is 3. The monoisotopic (exact) mass is 259 g/mol. The Morgan fingerprint density at radius 3 is 2.79 bits per heavy atom. The maximum atomic E-state index is 5.43. The van der Waals surface area contributed by atoms with E-state index in [0.717, 1.165) is 30.8 Å². The molecule has 0 fully saturated rings. The van der Waals surface area contributed by atoms with Crippen LogP contribution in [0.2, 0.25) is 0 Å². The Kier molecular flexibility index (Phi) is 4.58. The molecule has 0 bridgehead atoms.